The molecular formula is C55H63IrN2O3-. The molecule has 0 aliphatic heterocycles. The van der Waals surface area contributed by atoms with E-state index in [0.717, 1.165) is 75.6 Å². The SMILES string of the molecule is CCC(C)(CC)C(=O)/C=C(\O)C(C)(CC)CC.Cc1nc(-c2[c-]ccc3c2oc2cc(-c4c(C)cccc4C)ccc23)c2ccc3cc(C)c(C4CCCC4)c(C)c3c2n1.[Ir]. The predicted molar refractivity (Wildman–Crippen MR) is 252 cm³/mol. The van der Waals surface area contributed by atoms with Gasteiger partial charge in [-0.2, -0.15) is 0 Å². The van der Waals surface area contributed by atoms with Crippen LogP contribution in [-0.4, -0.2) is 20.9 Å². The van der Waals surface area contributed by atoms with Crippen LogP contribution in [0.1, 0.15) is 132 Å². The fourth-order valence-corrected chi connectivity index (χ4v) is 9.64. The van der Waals surface area contributed by atoms with Crippen LogP contribution in [0.25, 0.3) is 66.0 Å². The zero-order valence-corrected chi connectivity index (χ0v) is 40.5. The van der Waals surface area contributed by atoms with Crippen molar-refractivity contribution in [2.24, 2.45) is 10.8 Å². The molecule has 1 N–H and O–H groups in total. The van der Waals surface area contributed by atoms with Crippen LogP contribution >= 0.6 is 0 Å². The Morgan fingerprint density at radius 2 is 1.44 bits per heavy atom. The van der Waals surface area contributed by atoms with Gasteiger partial charge in [-0.1, -0.05) is 114 Å². The number of aromatic nitrogens is 2. The minimum atomic E-state index is -0.337. The van der Waals surface area contributed by atoms with E-state index >= 15 is 0 Å². The summed E-state index contributed by atoms with van der Waals surface area (Å²) in [7, 11) is 0. The first kappa shape index (κ1) is 45.9. The summed E-state index contributed by atoms with van der Waals surface area (Å²) in [6, 6.07) is 27.5. The van der Waals surface area contributed by atoms with Crippen molar-refractivity contribution >= 4 is 49.4 Å². The van der Waals surface area contributed by atoms with Gasteiger partial charge in [-0.05, 0) is 135 Å². The molecule has 6 heteroatoms. The Bertz CT molecular complexity index is 2760. The van der Waals surface area contributed by atoms with E-state index in [1.165, 1.54) is 81.5 Å². The van der Waals surface area contributed by atoms with Crippen LogP contribution in [0.15, 0.2) is 83.0 Å². The van der Waals surface area contributed by atoms with Gasteiger partial charge in [0.15, 0.2) is 5.78 Å². The Kier molecular flexibility index (Phi) is 13.8. The number of carbonyl (C=O) groups is 1. The van der Waals surface area contributed by atoms with Gasteiger partial charge in [0.25, 0.3) is 0 Å². The van der Waals surface area contributed by atoms with Crippen LogP contribution in [0.3, 0.4) is 0 Å². The zero-order valence-electron chi connectivity index (χ0n) is 38.2. The molecule has 0 bridgehead atoms. The van der Waals surface area contributed by atoms with Crippen LogP contribution in [-0.2, 0) is 24.9 Å². The van der Waals surface area contributed by atoms with E-state index < -0.39 is 0 Å². The molecule has 0 unspecified atom stereocenters. The molecule has 1 radical (unpaired) electrons. The van der Waals surface area contributed by atoms with Gasteiger partial charge in [-0.3, -0.25) is 9.78 Å². The number of allylic oxidation sites excluding steroid dienone is 2. The van der Waals surface area contributed by atoms with E-state index in [9.17, 15) is 9.90 Å². The maximum Gasteiger partial charge on any atom is 0.164 e. The summed E-state index contributed by atoms with van der Waals surface area (Å²) < 4.78 is 6.69. The molecule has 7 aromatic rings. The average molecular weight is 992 g/mol. The van der Waals surface area contributed by atoms with Gasteiger partial charge in [0, 0.05) is 53.5 Å². The number of rotatable bonds is 10. The van der Waals surface area contributed by atoms with Gasteiger partial charge in [-0.15, -0.1) is 18.2 Å². The number of hydrogen-bond acceptors (Lipinski definition) is 5. The minimum absolute atomic E-state index is 0. The van der Waals surface area contributed by atoms with Crippen molar-refractivity contribution in [2.75, 3.05) is 0 Å². The van der Waals surface area contributed by atoms with Gasteiger partial charge < -0.3 is 9.52 Å². The van der Waals surface area contributed by atoms with Gasteiger partial charge in [0.2, 0.25) is 0 Å². The third-order valence-corrected chi connectivity index (χ3v) is 14.4. The zero-order chi connectivity index (χ0) is 43.1. The topological polar surface area (TPSA) is 76.2 Å². The largest absolute Gasteiger partial charge is 0.512 e. The molecule has 321 valence electrons. The molecule has 8 rings (SSSR count). The van der Waals surface area contributed by atoms with E-state index in [-0.39, 0.29) is 42.5 Å². The number of aryl methyl sites for hydroxylation is 5. The Hall–Kier alpha value is -4.64. The maximum atomic E-state index is 12.2. The molecule has 1 saturated carbocycles. The Morgan fingerprint density at radius 1 is 0.803 bits per heavy atom. The standard InChI is InChI=1S/C40H35N2O.C15H28O2.Ir/c1-22-10-8-11-23(2)35(22)29-16-18-30-31-14-9-15-33(40(31)43-34(30)21-29)38-32-19-17-28-20-24(3)36(27-12-6-7-13-27)25(4)37(28)39(32)42-26(5)41-38;1-7-14(5,8-2)12(16)11-13(17)15(6,9-3)10-4;/h8-11,14,16-21,27H,6-7,12-13H2,1-5H3;11,16H,7-10H2,1-6H3;/q-1;;/b;12-11-;. The van der Waals surface area contributed by atoms with Gasteiger partial charge >= 0.3 is 0 Å². The maximum absolute atomic E-state index is 12.2. The number of benzene rings is 5. The normalized spacial score (nSPS) is 13.9. The Labute approximate surface area is 376 Å². The summed E-state index contributed by atoms with van der Waals surface area (Å²) in [5, 5.41) is 15.9. The number of aliphatic hydroxyl groups excluding tert-OH is 1. The third-order valence-electron chi connectivity index (χ3n) is 14.4. The van der Waals surface area contributed by atoms with Crippen molar-refractivity contribution in [3.05, 3.63) is 118 Å². The first-order valence-corrected chi connectivity index (χ1v) is 22.3. The van der Waals surface area contributed by atoms with Crippen molar-refractivity contribution in [3.8, 4) is 22.4 Å². The number of fused-ring (bicyclic) bond motifs is 6. The second-order valence-electron chi connectivity index (χ2n) is 18.0. The van der Waals surface area contributed by atoms with E-state index in [4.69, 9.17) is 14.4 Å². The number of carbonyl (C=O) groups excluding carboxylic acids is 1. The first-order chi connectivity index (χ1) is 28.7. The summed E-state index contributed by atoms with van der Waals surface area (Å²) in [5.41, 5.74) is 13.2. The van der Waals surface area contributed by atoms with Crippen molar-refractivity contribution in [2.45, 2.75) is 133 Å². The van der Waals surface area contributed by atoms with Crippen molar-refractivity contribution in [3.63, 3.8) is 0 Å². The molecule has 0 spiro atoms. The summed E-state index contributed by atoms with van der Waals surface area (Å²) in [6.45, 7) is 23.0. The van der Waals surface area contributed by atoms with E-state index in [1.807, 2.05) is 54.5 Å². The van der Waals surface area contributed by atoms with Crippen LogP contribution in [0.4, 0.5) is 0 Å². The number of furan rings is 1. The quantitative estimate of drug-likeness (QED) is 0.0639. The number of ketones is 1. The Morgan fingerprint density at radius 3 is 2.08 bits per heavy atom. The van der Waals surface area contributed by atoms with Crippen LogP contribution in [0, 0.1) is 51.5 Å². The molecule has 5 aromatic carbocycles. The molecule has 1 fully saturated rings. The Balaban J connectivity index is 0.000000296. The van der Waals surface area contributed by atoms with E-state index in [0.29, 0.717) is 5.92 Å². The smallest absolute Gasteiger partial charge is 0.164 e. The van der Waals surface area contributed by atoms with Crippen LogP contribution < -0.4 is 0 Å². The summed E-state index contributed by atoms with van der Waals surface area (Å²) in [5.74, 6) is 1.69. The first-order valence-electron chi connectivity index (χ1n) is 22.3. The van der Waals surface area contributed by atoms with Crippen molar-refractivity contribution in [1.82, 2.24) is 9.97 Å². The molecule has 0 atom stereocenters. The van der Waals surface area contributed by atoms with Gasteiger partial charge in [0.05, 0.1) is 11.1 Å². The average Bonchev–Trinajstić information content (AvgIpc) is 3.91. The summed E-state index contributed by atoms with van der Waals surface area (Å²) in [4.78, 5) is 22.3. The van der Waals surface area contributed by atoms with Crippen molar-refractivity contribution < 1.29 is 34.4 Å². The number of nitrogens with zero attached hydrogens (tertiary/aromatic N) is 2. The summed E-state index contributed by atoms with van der Waals surface area (Å²) >= 11 is 0. The second kappa shape index (κ2) is 18.4. The van der Waals surface area contributed by atoms with Crippen LogP contribution in [0.5, 0.6) is 0 Å². The molecule has 2 aromatic heterocycles. The molecule has 5 nitrogen and oxygen atoms in total. The van der Waals surface area contributed by atoms with Crippen molar-refractivity contribution in [1.29, 1.82) is 0 Å². The number of hydrogen-bond donors (Lipinski definition) is 1. The minimum Gasteiger partial charge on any atom is -0.512 e. The summed E-state index contributed by atoms with van der Waals surface area (Å²) in [6.07, 6.45) is 9.97. The van der Waals surface area contributed by atoms with E-state index in [2.05, 4.69) is 94.4 Å². The molecule has 0 saturated heterocycles. The molecule has 61 heavy (non-hydrogen) atoms. The van der Waals surface area contributed by atoms with E-state index in [1.54, 1.807) is 0 Å². The fraction of sp³-hybridized carbons (Fsp3) is 0.400. The van der Waals surface area contributed by atoms with Gasteiger partial charge in [0.1, 0.15) is 17.2 Å². The fourth-order valence-electron chi connectivity index (χ4n) is 9.64. The third kappa shape index (κ3) is 8.48. The monoisotopic (exact) mass is 992 g/mol. The number of aliphatic hydroxyl groups is 1. The van der Waals surface area contributed by atoms with Crippen LogP contribution in [0.2, 0.25) is 0 Å². The molecule has 0 amide bonds. The molecule has 2 heterocycles. The predicted octanol–water partition coefficient (Wildman–Crippen LogP) is 15.7. The molecular weight excluding hydrogens is 929 g/mol. The second-order valence-corrected chi connectivity index (χ2v) is 18.0. The van der Waals surface area contributed by atoms with Gasteiger partial charge in [-0.25, -0.2) is 4.98 Å². The molecule has 1 aliphatic rings. The molecule has 1 aliphatic carbocycles.